The second kappa shape index (κ2) is 5.28. The quantitative estimate of drug-likeness (QED) is 0.738. The summed E-state index contributed by atoms with van der Waals surface area (Å²) in [5, 5.41) is 3.51. The highest BCUT2D eigenvalue weighted by Crippen LogP contribution is 2.34. The van der Waals surface area contributed by atoms with Crippen LogP contribution in [0.2, 0.25) is 0 Å². The van der Waals surface area contributed by atoms with E-state index in [0.29, 0.717) is 6.04 Å². The summed E-state index contributed by atoms with van der Waals surface area (Å²) in [4.78, 5) is 2.51. The molecule has 1 saturated carbocycles. The molecule has 0 aromatic carbocycles. The van der Waals surface area contributed by atoms with Crippen molar-refractivity contribution in [1.29, 1.82) is 0 Å². The fourth-order valence-corrected chi connectivity index (χ4v) is 2.31. The molecule has 1 aliphatic heterocycles. The first-order chi connectivity index (χ1) is 7.27. The Morgan fingerprint density at radius 2 is 2.27 bits per heavy atom. The van der Waals surface area contributed by atoms with Crippen LogP contribution >= 0.6 is 0 Å². The molecule has 1 saturated heterocycles. The van der Waals surface area contributed by atoms with E-state index in [9.17, 15) is 0 Å². The second-order valence-electron chi connectivity index (χ2n) is 5.07. The molecule has 1 aliphatic carbocycles. The summed E-state index contributed by atoms with van der Waals surface area (Å²) in [5.74, 6) is 0.977. The SMILES string of the molecule is CC(C1CC1)N(C)CCC1COCCN1. The Bertz CT molecular complexity index is 188. The van der Waals surface area contributed by atoms with Crippen LogP contribution in [0, 0.1) is 5.92 Å². The maximum atomic E-state index is 5.45. The summed E-state index contributed by atoms with van der Waals surface area (Å²) in [6.07, 6.45) is 4.10. The Labute approximate surface area is 93.2 Å². The lowest BCUT2D eigenvalue weighted by Gasteiger charge is -2.29. The monoisotopic (exact) mass is 212 g/mol. The number of morpholine rings is 1. The Kier molecular flexibility index (Phi) is 4.00. The van der Waals surface area contributed by atoms with Crippen LogP contribution in [0.3, 0.4) is 0 Å². The molecule has 0 aromatic rings. The molecule has 0 spiro atoms. The molecular formula is C12H24N2O. The van der Waals surface area contributed by atoms with Crippen LogP contribution in [0.4, 0.5) is 0 Å². The van der Waals surface area contributed by atoms with Crippen molar-refractivity contribution in [3.8, 4) is 0 Å². The molecule has 1 heterocycles. The van der Waals surface area contributed by atoms with Gasteiger partial charge in [-0.05, 0) is 45.7 Å². The van der Waals surface area contributed by atoms with E-state index in [1.54, 1.807) is 0 Å². The molecule has 2 atom stereocenters. The van der Waals surface area contributed by atoms with Gasteiger partial charge >= 0.3 is 0 Å². The largest absolute Gasteiger partial charge is 0.379 e. The van der Waals surface area contributed by atoms with Crippen molar-refractivity contribution in [3.63, 3.8) is 0 Å². The second-order valence-corrected chi connectivity index (χ2v) is 5.07. The number of hydrogen-bond acceptors (Lipinski definition) is 3. The first-order valence-electron chi connectivity index (χ1n) is 6.28. The van der Waals surface area contributed by atoms with Crippen molar-refractivity contribution in [2.24, 2.45) is 5.92 Å². The molecule has 2 rings (SSSR count). The summed E-state index contributed by atoms with van der Waals surface area (Å²) in [6, 6.07) is 1.35. The average Bonchev–Trinajstić information content (AvgIpc) is 3.10. The smallest absolute Gasteiger partial charge is 0.0620 e. The number of ether oxygens (including phenoxy) is 1. The molecule has 88 valence electrons. The zero-order chi connectivity index (χ0) is 10.7. The van der Waals surface area contributed by atoms with Gasteiger partial charge in [0.2, 0.25) is 0 Å². The summed E-state index contributed by atoms with van der Waals surface area (Å²) in [5.41, 5.74) is 0. The maximum absolute atomic E-state index is 5.45. The molecule has 0 amide bonds. The van der Waals surface area contributed by atoms with Gasteiger partial charge in [0.25, 0.3) is 0 Å². The van der Waals surface area contributed by atoms with E-state index >= 15 is 0 Å². The van der Waals surface area contributed by atoms with Crippen molar-refractivity contribution in [3.05, 3.63) is 0 Å². The molecule has 0 aromatic heterocycles. The van der Waals surface area contributed by atoms with Crippen LogP contribution in [0.25, 0.3) is 0 Å². The van der Waals surface area contributed by atoms with E-state index in [1.807, 2.05) is 0 Å². The molecule has 0 radical (unpaired) electrons. The van der Waals surface area contributed by atoms with Gasteiger partial charge in [0, 0.05) is 18.6 Å². The van der Waals surface area contributed by atoms with Gasteiger partial charge in [0.15, 0.2) is 0 Å². The summed E-state index contributed by atoms with van der Waals surface area (Å²) < 4.78 is 5.45. The minimum Gasteiger partial charge on any atom is -0.379 e. The molecule has 0 bridgehead atoms. The number of nitrogens with zero attached hydrogens (tertiary/aromatic N) is 1. The van der Waals surface area contributed by atoms with Crippen molar-refractivity contribution in [2.75, 3.05) is 33.4 Å². The van der Waals surface area contributed by atoms with Crippen LogP contribution in [0.5, 0.6) is 0 Å². The van der Waals surface area contributed by atoms with E-state index in [2.05, 4.69) is 24.2 Å². The lowest BCUT2D eigenvalue weighted by Crippen LogP contribution is -2.44. The molecule has 2 fully saturated rings. The Balaban J connectivity index is 1.62. The van der Waals surface area contributed by atoms with Gasteiger partial charge in [0.05, 0.1) is 13.2 Å². The Morgan fingerprint density at radius 1 is 1.47 bits per heavy atom. The third-order valence-electron chi connectivity index (χ3n) is 3.83. The van der Waals surface area contributed by atoms with Gasteiger partial charge in [-0.1, -0.05) is 0 Å². The van der Waals surface area contributed by atoms with Gasteiger partial charge in [-0.25, -0.2) is 0 Å². The highest BCUT2D eigenvalue weighted by Gasteiger charge is 2.30. The first kappa shape index (κ1) is 11.4. The fourth-order valence-electron chi connectivity index (χ4n) is 2.31. The zero-order valence-electron chi connectivity index (χ0n) is 10.0. The van der Waals surface area contributed by atoms with Crippen LogP contribution < -0.4 is 5.32 Å². The normalized spacial score (nSPS) is 29.4. The Hall–Kier alpha value is -0.120. The minimum absolute atomic E-state index is 0.576. The molecular weight excluding hydrogens is 188 g/mol. The van der Waals surface area contributed by atoms with E-state index in [1.165, 1.54) is 25.8 Å². The standard InChI is InChI=1S/C12H24N2O/c1-10(11-3-4-11)14(2)7-5-12-9-15-8-6-13-12/h10-13H,3-9H2,1-2H3. The van der Waals surface area contributed by atoms with Crippen molar-refractivity contribution in [1.82, 2.24) is 10.2 Å². The highest BCUT2D eigenvalue weighted by atomic mass is 16.5. The predicted octanol–water partition coefficient (Wildman–Crippen LogP) is 1.10. The fraction of sp³-hybridized carbons (Fsp3) is 1.00. The van der Waals surface area contributed by atoms with Crippen LogP contribution in [-0.4, -0.2) is 50.3 Å². The van der Waals surface area contributed by atoms with Gasteiger partial charge in [0.1, 0.15) is 0 Å². The topological polar surface area (TPSA) is 24.5 Å². The van der Waals surface area contributed by atoms with Crippen LogP contribution in [0.1, 0.15) is 26.2 Å². The predicted molar refractivity (Wildman–Crippen MR) is 62.0 cm³/mol. The maximum Gasteiger partial charge on any atom is 0.0620 e. The summed E-state index contributed by atoms with van der Waals surface area (Å²) in [7, 11) is 2.26. The van der Waals surface area contributed by atoms with Crippen molar-refractivity contribution >= 4 is 0 Å². The first-order valence-corrected chi connectivity index (χ1v) is 6.28. The van der Waals surface area contributed by atoms with Gasteiger partial charge in [-0.15, -0.1) is 0 Å². The van der Waals surface area contributed by atoms with E-state index in [0.717, 1.165) is 31.7 Å². The highest BCUT2D eigenvalue weighted by molar-refractivity contribution is 4.84. The van der Waals surface area contributed by atoms with E-state index < -0.39 is 0 Å². The van der Waals surface area contributed by atoms with Gasteiger partial charge in [-0.3, -0.25) is 0 Å². The Morgan fingerprint density at radius 3 is 2.87 bits per heavy atom. The summed E-state index contributed by atoms with van der Waals surface area (Å²) >= 11 is 0. The molecule has 1 N–H and O–H groups in total. The number of rotatable bonds is 5. The van der Waals surface area contributed by atoms with Gasteiger partial charge in [-0.2, -0.15) is 0 Å². The van der Waals surface area contributed by atoms with Crippen LogP contribution in [-0.2, 0) is 4.74 Å². The van der Waals surface area contributed by atoms with E-state index in [4.69, 9.17) is 4.74 Å². The minimum atomic E-state index is 0.576. The average molecular weight is 212 g/mol. The molecule has 3 nitrogen and oxygen atoms in total. The molecule has 3 heteroatoms. The molecule has 2 unspecified atom stereocenters. The molecule has 15 heavy (non-hydrogen) atoms. The van der Waals surface area contributed by atoms with Crippen molar-refractivity contribution in [2.45, 2.75) is 38.3 Å². The molecule has 2 aliphatic rings. The zero-order valence-corrected chi connectivity index (χ0v) is 10.0. The third-order valence-corrected chi connectivity index (χ3v) is 3.83. The lowest BCUT2D eigenvalue weighted by molar-refractivity contribution is 0.0690. The lowest BCUT2D eigenvalue weighted by atomic mass is 10.1. The number of nitrogens with one attached hydrogen (secondary N) is 1. The van der Waals surface area contributed by atoms with E-state index in [-0.39, 0.29) is 0 Å². The summed E-state index contributed by atoms with van der Waals surface area (Å²) in [6.45, 7) is 6.35. The van der Waals surface area contributed by atoms with Gasteiger partial charge < -0.3 is 15.0 Å². The van der Waals surface area contributed by atoms with Crippen molar-refractivity contribution < 1.29 is 4.74 Å². The number of hydrogen-bond donors (Lipinski definition) is 1. The van der Waals surface area contributed by atoms with Crippen LogP contribution in [0.15, 0.2) is 0 Å². The third kappa shape index (κ3) is 3.44.